The van der Waals surface area contributed by atoms with Crippen LogP contribution in [-0.4, -0.2) is 58.0 Å². The normalized spacial score (nSPS) is 17.5. The molecular formula is C26H28N4O2. The first kappa shape index (κ1) is 20.5. The van der Waals surface area contributed by atoms with E-state index in [-0.39, 0.29) is 17.9 Å². The van der Waals surface area contributed by atoms with Crippen molar-refractivity contribution in [2.75, 3.05) is 14.1 Å². The van der Waals surface area contributed by atoms with Crippen molar-refractivity contribution >= 4 is 11.8 Å². The van der Waals surface area contributed by atoms with E-state index in [0.29, 0.717) is 17.2 Å². The number of fused-ring (bicyclic) bond motifs is 1. The Labute approximate surface area is 188 Å². The van der Waals surface area contributed by atoms with Crippen LogP contribution in [0.3, 0.4) is 0 Å². The zero-order valence-corrected chi connectivity index (χ0v) is 18.5. The lowest BCUT2D eigenvalue weighted by molar-refractivity contribution is 0.0642. The van der Waals surface area contributed by atoms with Crippen LogP contribution in [0.4, 0.5) is 0 Å². The van der Waals surface area contributed by atoms with Gasteiger partial charge < -0.3 is 9.80 Å². The molecule has 1 atom stereocenters. The van der Waals surface area contributed by atoms with E-state index < -0.39 is 0 Å². The minimum Gasteiger partial charge on any atom is -0.345 e. The number of aryl methyl sites for hydroxylation is 1. The Balaban J connectivity index is 1.39. The minimum absolute atomic E-state index is 0.0309. The molecule has 2 amide bonds. The molecule has 2 aliphatic carbocycles. The molecule has 1 N–H and O–H groups in total. The van der Waals surface area contributed by atoms with Crippen molar-refractivity contribution in [2.24, 2.45) is 0 Å². The predicted molar refractivity (Wildman–Crippen MR) is 123 cm³/mol. The molecule has 0 aliphatic heterocycles. The molecule has 0 spiro atoms. The number of benzene rings is 2. The number of H-pyrrole nitrogens is 1. The highest BCUT2D eigenvalue weighted by atomic mass is 16.2. The van der Waals surface area contributed by atoms with Gasteiger partial charge in [-0.2, -0.15) is 5.10 Å². The van der Waals surface area contributed by atoms with Gasteiger partial charge in [0.1, 0.15) is 0 Å². The van der Waals surface area contributed by atoms with E-state index in [1.54, 1.807) is 19.0 Å². The summed E-state index contributed by atoms with van der Waals surface area (Å²) in [5.74, 6) is 0.0743. The molecule has 3 aromatic rings. The van der Waals surface area contributed by atoms with Crippen LogP contribution in [0.2, 0.25) is 0 Å². The van der Waals surface area contributed by atoms with E-state index in [4.69, 9.17) is 0 Å². The first-order chi connectivity index (χ1) is 15.5. The van der Waals surface area contributed by atoms with Crippen LogP contribution in [0, 0.1) is 0 Å². The van der Waals surface area contributed by atoms with E-state index in [1.165, 1.54) is 11.3 Å². The zero-order valence-electron chi connectivity index (χ0n) is 18.5. The maximum Gasteiger partial charge on any atom is 0.254 e. The number of nitrogens with one attached hydrogen (secondary N) is 1. The van der Waals surface area contributed by atoms with Crippen molar-refractivity contribution in [3.8, 4) is 11.1 Å². The molecule has 0 saturated heterocycles. The quantitative estimate of drug-likeness (QED) is 0.669. The van der Waals surface area contributed by atoms with Crippen molar-refractivity contribution in [2.45, 2.75) is 44.2 Å². The van der Waals surface area contributed by atoms with Gasteiger partial charge in [-0.05, 0) is 67.0 Å². The number of hydrogen-bond acceptors (Lipinski definition) is 3. The third-order valence-corrected chi connectivity index (χ3v) is 6.57. The number of aromatic nitrogens is 2. The molecule has 1 aromatic heterocycles. The zero-order chi connectivity index (χ0) is 22.2. The Bertz CT molecular complexity index is 1140. The number of rotatable bonds is 5. The third kappa shape index (κ3) is 3.81. The van der Waals surface area contributed by atoms with Gasteiger partial charge >= 0.3 is 0 Å². The highest BCUT2D eigenvalue weighted by molar-refractivity contribution is 6.01. The van der Waals surface area contributed by atoms with Gasteiger partial charge in [0.2, 0.25) is 0 Å². The maximum atomic E-state index is 13.5. The molecule has 1 fully saturated rings. The lowest BCUT2D eigenvalue weighted by atomic mass is 9.91. The average Bonchev–Trinajstić information content (AvgIpc) is 3.54. The van der Waals surface area contributed by atoms with Crippen LogP contribution in [-0.2, 0) is 12.8 Å². The second kappa shape index (κ2) is 8.26. The summed E-state index contributed by atoms with van der Waals surface area (Å²) in [6, 6.07) is 15.9. The van der Waals surface area contributed by atoms with Crippen molar-refractivity contribution in [3.63, 3.8) is 0 Å². The first-order valence-corrected chi connectivity index (χ1v) is 11.3. The smallest absolute Gasteiger partial charge is 0.254 e. The second-order valence-electron chi connectivity index (χ2n) is 9.04. The Morgan fingerprint density at radius 2 is 1.69 bits per heavy atom. The fourth-order valence-electron chi connectivity index (χ4n) is 4.72. The van der Waals surface area contributed by atoms with Crippen LogP contribution in [0.1, 0.15) is 51.2 Å². The van der Waals surface area contributed by atoms with Crippen LogP contribution < -0.4 is 0 Å². The summed E-state index contributed by atoms with van der Waals surface area (Å²) in [7, 11) is 3.51. The van der Waals surface area contributed by atoms with E-state index in [1.807, 2.05) is 54.7 Å². The fraction of sp³-hybridized carbons (Fsp3) is 0.346. The summed E-state index contributed by atoms with van der Waals surface area (Å²) in [6.07, 6.45) is 6.84. The topological polar surface area (TPSA) is 69.3 Å². The molecule has 0 radical (unpaired) electrons. The number of carbonyl (C=O) groups is 2. The van der Waals surface area contributed by atoms with Gasteiger partial charge in [0.25, 0.3) is 11.8 Å². The number of amides is 2. The van der Waals surface area contributed by atoms with Gasteiger partial charge in [-0.15, -0.1) is 0 Å². The highest BCUT2D eigenvalue weighted by Crippen LogP contribution is 2.35. The van der Waals surface area contributed by atoms with Crippen molar-refractivity contribution in [3.05, 3.63) is 77.1 Å². The molecule has 2 aromatic carbocycles. The number of hydrogen-bond donors (Lipinski definition) is 1. The summed E-state index contributed by atoms with van der Waals surface area (Å²) in [6.45, 7) is 0. The first-order valence-electron chi connectivity index (χ1n) is 11.3. The maximum absolute atomic E-state index is 13.5. The van der Waals surface area contributed by atoms with Crippen LogP contribution in [0.5, 0.6) is 0 Å². The van der Waals surface area contributed by atoms with Gasteiger partial charge in [-0.1, -0.05) is 30.3 Å². The summed E-state index contributed by atoms with van der Waals surface area (Å²) >= 11 is 0. The molecule has 1 heterocycles. The largest absolute Gasteiger partial charge is 0.345 e. The molecule has 5 rings (SSSR count). The third-order valence-electron chi connectivity index (χ3n) is 6.57. The average molecular weight is 429 g/mol. The summed E-state index contributed by atoms with van der Waals surface area (Å²) in [5.41, 5.74) is 5.62. The van der Waals surface area contributed by atoms with Crippen LogP contribution >= 0.6 is 0 Å². The number of aromatic amines is 1. The minimum atomic E-state index is -0.0309. The number of nitrogens with zero attached hydrogens (tertiary/aromatic N) is 3. The van der Waals surface area contributed by atoms with Crippen molar-refractivity contribution in [1.82, 2.24) is 20.0 Å². The monoisotopic (exact) mass is 428 g/mol. The van der Waals surface area contributed by atoms with E-state index >= 15 is 0 Å². The van der Waals surface area contributed by atoms with Crippen molar-refractivity contribution < 1.29 is 9.59 Å². The predicted octanol–water partition coefficient (Wildman–Crippen LogP) is 3.94. The molecule has 0 bridgehead atoms. The standard InChI is InChI=1S/C26H28N4O2/c1-29(2)26(32)23-6-4-3-5-22(23)17-7-9-18(10-8-17)25(31)30(20-11-12-20)21-13-14-24-19(15-21)16-27-28-24/h3-10,16,20-21H,11-15H2,1-2H3,(H,27,28). The SMILES string of the molecule is CN(C)C(=O)c1ccccc1-c1ccc(C(=O)N(C2CC2)C2CCc3[nH]ncc3C2)cc1. The number of carbonyl (C=O) groups excluding carboxylic acids is 2. The lowest BCUT2D eigenvalue weighted by Crippen LogP contribution is -2.44. The summed E-state index contributed by atoms with van der Waals surface area (Å²) in [4.78, 5) is 29.8. The Kier molecular flexibility index (Phi) is 5.29. The van der Waals surface area contributed by atoms with Crippen LogP contribution in [0.25, 0.3) is 11.1 Å². The molecule has 164 valence electrons. The van der Waals surface area contributed by atoms with Gasteiger partial charge in [0.15, 0.2) is 0 Å². The molecule has 6 heteroatoms. The molecule has 2 aliphatic rings. The Morgan fingerprint density at radius 1 is 0.938 bits per heavy atom. The van der Waals surface area contributed by atoms with Crippen LogP contribution in [0.15, 0.2) is 54.7 Å². The molecule has 1 unspecified atom stereocenters. The molecule has 32 heavy (non-hydrogen) atoms. The van der Waals surface area contributed by atoms with Gasteiger partial charge in [0.05, 0.1) is 6.20 Å². The van der Waals surface area contributed by atoms with Crippen molar-refractivity contribution in [1.29, 1.82) is 0 Å². The summed E-state index contributed by atoms with van der Waals surface area (Å²) in [5, 5.41) is 7.26. The molecule has 1 saturated carbocycles. The van der Waals surface area contributed by atoms with Gasteiger partial charge in [-0.3, -0.25) is 14.7 Å². The highest BCUT2D eigenvalue weighted by Gasteiger charge is 2.39. The molecule has 6 nitrogen and oxygen atoms in total. The van der Waals surface area contributed by atoms with Gasteiger partial charge in [0, 0.05) is 43.0 Å². The van der Waals surface area contributed by atoms with Gasteiger partial charge in [-0.25, -0.2) is 0 Å². The van der Waals surface area contributed by atoms with E-state index in [2.05, 4.69) is 15.1 Å². The summed E-state index contributed by atoms with van der Waals surface area (Å²) < 4.78 is 0. The molecular weight excluding hydrogens is 400 g/mol. The lowest BCUT2D eigenvalue weighted by Gasteiger charge is -2.34. The Hall–Kier alpha value is -3.41. The van der Waals surface area contributed by atoms with E-state index in [0.717, 1.165) is 43.2 Å². The fourth-order valence-corrected chi connectivity index (χ4v) is 4.72. The van der Waals surface area contributed by atoms with E-state index in [9.17, 15) is 9.59 Å². The Morgan fingerprint density at radius 3 is 2.41 bits per heavy atom. The second-order valence-corrected chi connectivity index (χ2v) is 9.04.